The maximum atomic E-state index is 2.21. The van der Waals surface area contributed by atoms with Crippen molar-refractivity contribution >= 4 is 0 Å². The second kappa shape index (κ2) is 17.5. The van der Waals surface area contributed by atoms with Crippen LogP contribution in [-0.2, 0) is 30.7 Å². The van der Waals surface area contributed by atoms with Crippen LogP contribution in [-0.4, -0.2) is 4.57 Å². The molecule has 0 fully saturated rings. The van der Waals surface area contributed by atoms with E-state index in [4.69, 9.17) is 0 Å². The number of aryl methyl sites for hydroxylation is 2. The van der Waals surface area contributed by atoms with E-state index in [1.54, 1.807) is 0 Å². The molecule has 0 bridgehead atoms. The minimum Gasteiger partial charge on any atom is -1.00 e. The van der Waals surface area contributed by atoms with Crippen molar-refractivity contribution in [2.75, 3.05) is 0 Å². The van der Waals surface area contributed by atoms with Gasteiger partial charge in [0.15, 0.2) is 0 Å². The smallest absolute Gasteiger partial charge is 1.00 e. The third-order valence-corrected chi connectivity index (χ3v) is 1.59. The Bertz CT molecular complexity index is 212. The number of nitrogens with zero attached hydrogens (tertiary/aromatic N) is 2. The molecule has 0 atom stereocenters. The fraction of sp³-hybridized carbons (Fsp3) is 0.625. The molecule has 0 N–H and O–H groups in total. The summed E-state index contributed by atoms with van der Waals surface area (Å²) in [6, 6.07) is 0. The molecule has 0 aliphatic rings. The molecule has 1 radical (unpaired) electrons. The van der Waals surface area contributed by atoms with Gasteiger partial charge < -0.3 is 54.2 Å². The molecule has 0 aliphatic carbocycles. The summed E-state index contributed by atoms with van der Waals surface area (Å²) in [7, 11) is 2.04. The zero-order chi connectivity index (χ0) is 7.40. The molecular formula is C8H15BrCl3FeN2. The van der Waals surface area contributed by atoms with Crippen molar-refractivity contribution in [2.24, 2.45) is 7.05 Å². The van der Waals surface area contributed by atoms with E-state index in [0.29, 0.717) is 0 Å². The fourth-order valence-corrected chi connectivity index (χ4v) is 0.975. The number of rotatable bonds is 3. The van der Waals surface area contributed by atoms with E-state index in [-0.39, 0.29) is 71.3 Å². The number of hydrogen-bond donors (Lipinski definition) is 0. The maximum Gasteiger partial charge on any atom is 3.00 e. The molecule has 0 saturated heterocycles. The zero-order valence-electron chi connectivity index (χ0n) is 8.61. The van der Waals surface area contributed by atoms with Crippen LogP contribution in [0.3, 0.4) is 0 Å². The van der Waals surface area contributed by atoms with Gasteiger partial charge >= 0.3 is 17.1 Å². The van der Waals surface area contributed by atoms with Crippen LogP contribution < -0.4 is 58.8 Å². The Morgan fingerprint density at radius 2 is 1.73 bits per heavy atom. The van der Waals surface area contributed by atoms with Gasteiger partial charge in [-0.25, -0.2) is 9.13 Å². The number of unbranched alkanes of at least 4 members (excludes halogenated alkanes) is 1. The van der Waals surface area contributed by atoms with Gasteiger partial charge in [-0.2, -0.15) is 0 Å². The maximum absolute atomic E-state index is 2.21. The summed E-state index contributed by atoms with van der Waals surface area (Å²) in [5.41, 5.74) is 0. The van der Waals surface area contributed by atoms with Crippen LogP contribution in [0.4, 0.5) is 0 Å². The molecule has 0 spiro atoms. The standard InChI is InChI=1S/C8H15N2.BrH.3ClH.Fe/c1-3-4-5-10-7-6-9(2)8-10;;;;;/h6-8H,3-5H2,1-2H3;4*1H;/q+1;;;;;+3/p-4. The summed E-state index contributed by atoms with van der Waals surface area (Å²) in [5.74, 6) is 0. The van der Waals surface area contributed by atoms with Crippen molar-refractivity contribution in [2.45, 2.75) is 26.3 Å². The molecule has 0 unspecified atom stereocenters. The zero-order valence-corrected chi connectivity index (χ0v) is 13.6. The Labute approximate surface area is 132 Å². The summed E-state index contributed by atoms with van der Waals surface area (Å²) in [5, 5.41) is 0. The molecule has 15 heavy (non-hydrogen) atoms. The van der Waals surface area contributed by atoms with E-state index >= 15 is 0 Å². The molecule has 93 valence electrons. The fourth-order valence-electron chi connectivity index (χ4n) is 0.975. The predicted molar refractivity (Wildman–Crippen MR) is 40.5 cm³/mol. The Kier molecular flexibility index (Phi) is 34.7. The van der Waals surface area contributed by atoms with Gasteiger partial charge in [-0.15, -0.1) is 0 Å². The van der Waals surface area contributed by atoms with Gasteiger partial charge in [-0.1, -0.05) is 13.3 Å². The summed E-state index contributed by atoms with van der Waals surface area (Å²) >= 11 is 0. The van der Waals surface area contributed by atoms with Gasteiger partial charge in [0.05, 0.1) is 13.6 Å². The molecule has 1 rings (SSSR count). The molecule has 0 saturated carbocycles. The Balaban J connectivity index is -0.0000000667. The number of aromatic nitrogens is 2. The van der Waals surface area contributed by atoms with Crippen LogP contribution in [0.1, 0.15) is 19.8 Å². The first-order valence-corrected chi connectivity index (χ1v) is 3.84. The van der Waals surface area contributed by atoms with Crippen LogP contribution in [0.15, 0.2) is 18.7 Å². The first kappa shape index (κ1) is 29.8. The molecule has 1 aromatic heterocycles. The minimum atomic E-state index is 0. The molecule has 2 nitrogen and oxygen atoms in total. The number of hydrogen-bond acceptors (Lipinski definition) is 0. The van der Waals surface area contributed by atoms with Gasteiger partial charge in [0.2, 0.25) is 6.33 Å². The SMILES string of the molecule is CCCCn1cc[n+](C)c1.[Br-].[Cl-].[Cl-].[Cl-].[Fe+3]. The third-order valence-electron chi connectivity index (χ3n) is 1.59. The van der Waals surface area contributed by atoms with Gasteiger partial charge in [-0.05, 0) is 6.42 Å². The van der Waals surface area contributed by atoms with Crippen LogP contribution in [0.5, 0.6) is 0 Å². The summed E-state index contributed by atoms with van der Waals surface area (Å²) < 4.78 is 4.28. The first-order chi connectivity index (χ1) is 4.83. The second-order valence-electron chi connectivity index (χ2n) is 2.67. The summed E-state index contributed by atoms with van der Waals surface area (Å²) in [6.07, 6.45) is 8.82. The third kappa shape index (κ3) is 13.0. The van der Waals surface area contributed by atoms with Crippen LogP contribution in [0.25, 0.3) is 0 Å². The van der Waals surface area contributed by atoms with E-state index in [1.807, 2.05) is 7.05 Å². The van der Waals surface area contributed by atoms with Crippen molar-refractivity contribution < 1.29 is 75.8 Å². The topological polar surface area (TPSA) is 8.81 Å². The molecule has 0 aromatic carbocycles. The predicted octanol–water partition coefficient (Wildman–Crippen LogP) is -10.9. The summed E-state index contributed by atoms with van der Waals surface area (Å²) in [4.78, 5) is 0. The van der Waals surface area contributed by atoms with Crippen LogP contribution >= 0.6 is 0 Å². The monoisotopic (exact) mass is 379 g/mol. The number of imidazole rings is 1. The average Bonchev–Trinajstić information content (AvgIpc) is 2.31. The van der Waals surface area contributed by atoms with Crippen molar-refractivity contribution in [1.29, 1.82) is 0 Å². The van der Waals surface area contributed by atoms with E-state index in [9.17, 15) is 0 Å². The molecule has 1 heterocycles. The van der Waals surface area contributed by atoms with Crippen LogP contribution in [0.2, 0.25) is 0 Å². The Morgan fingerprint density at radius 1 is 1.20 bits per heavy atom. The first-order valence-electron chi connectivity index (χ1n) is 3.84. The Morgan fingerprint density at radius 3 is 2.07 bits per heavy atom. The van der Waals surface area contributed by atoms with Crippen LogP contribution in [0, 0.1) is 0 Å². The van der Waals surface area contributed by atoms with Crippen molar-refractivity contribution in [3.8, 4) is 0 Å². The normalized spacial score (nSPS) is 6.80. The van der Waals surface area contributed by atoms with Crippen molar-refractivity contribution in [3.05, 3.63) is 18.7 Å². The number of halogens is 4. The van der Waals surface area contributed by atoms with Gasteiger partial charge in [0, 0.05) is 0 Å². The van der Waals surface area contributed by atoms with E-state index in [2.05, 4.69) is 34.8 Å². The van der Waals surface area contributed by atoms with Gasteiger partial charge in [0.1, 0.15) is 12.4 Å². The van der Waals surface area contributed by atoms with E-state index < -0.39 is 0 Å². The average molecular weight is 381 g/mol. The van der Waals surface area contributed by atoms with Gasteiger partial charge in [-0.3, -0.25) is 0 Å². The second-order valence-corrected chi connectivity index (χ2v) is 2.67. The molecule has 0 amide bonds. The molecule has 7 heteroatoms. The van der Waals surface area contributed by atoms with E-state index in [0.717, 1.165) is 6.54 Å². The molecular weight excluding hydrogens is 366 g/mol. The van der Waals surface area contributed by atoms with Crippen molar-refractivity contribution in [1.82, 2.24) is 4.57 Å². The Hall–Kier alpha value is 1.08. The van der Waals surface area contributed by atoms with Gasteiger partial charge in [0.25, 0.3) is 0 Å². The van der Waals surface area contributed by atoms with E-state index in [1.165, 1.54) is 12.8 Å². The summed E-state index contributed by atoms with van der Waals surface area (Å²) in [6.45, 7) is 3.36. The molecule has 1 aromatic rings. The minimum absolute atomic E-state index is 0. The van der Waals surface area contributed by atoms with Crippen molar-refractivity contribution in [3.63, 3.8) is 0 Å². The quantitative estimate of drug-likeness (QED) is 0.363. The largest absolute Gasteiger partial charge is 3.00 e. The molecule has 0 aliphatic heterocycles.